The van der Waals surface area contributed by atoms with Gasteiger partial charge >= 0.3 is 0 Å². The van der Waals surface area contributed by atoms with Gasteiger partial charge in [0.1, 0.15) is 6.54 Å². The Hall–Kier alpha value is -4.01. The first kappa shape index (κ1) is 23.2. The van der Waals surface area contributed by atoms with Crippen LogP contribution in [0.5, 0.6) is 23.0 Å². The number of methoxy groups -OCH3 is 2. The topological polar surface area (TPSA) is 101 Å². The van der Waals surface area contributed by atoms with Crippen LogP contribution >= 0.6 is 0 Å². The highest BCUT2D eigenvalue weighted by atomic mass is 16.5. The van der Waals surface area contributed by atoms with Crippen molar-refractivity contribution in [3.8, 4) is 34.3 Å². The molecule has 0 spiro atoms. The number of fused-ring (bicyclic) bond motifs is 1. The van der Waals surface area contributed by atoms with Crippen molar-refractivity contribution in [2.45, 2.75) is 19.4 Å². The second kappa shape index (κ2) is 10.7. The summed E-state index contributed by atoms with van der Waals surface area (Å²) in [5.41, 5.74) is 1.97. The summed E-state index contributed by atoms with van der Waals surface area (Å²) in [5, 5.41) is 7.21. The normalized spacial score (nSPS) is 12.5. The number of benzene rings is 2. The van der Waals surface area contributed by atoms with Crippen LogP contribution in [-0.4, -0.2) is 49.7 Å². The number of hydrogen-bond donors (Lipinski definition) is 1. The number of carbonyl (C=O) groups is 1. The molecule has 1 aromatic heterocycles. The molecule has 2 heterocycles. The highest BCUT2D eigenvalue weighted by Crippen LogP contribution is 2.33. The van der Waals surface area contributed by atoms with Crippen molar-refractivity contribution in [1.82, 2.24) is 15.1 Å². The average Bonchev–Trinajstić information content (AvgIpc) is 3.10. The molecular formula is C25H27N3O6. The molecule has 0 unspecified atom stereocenters. The zero-order valence-corrected chi connectivity index (χ0v) is 19.2. The van der Waals surface area contributed by atoms with Gasteiger partial charge in [-0.25, -0.2) is 4.68 Å². The molecule has 9 nitrogen and oxygen atoms in total. The SMILES string of the molecule is COc1ccc(CCNC(=O)Cn2nc(-c3ccc4c(c3)OCCCO4)ccc2=O)cc1OC. The Morgan fingerprint density at radius 2 is 1.79 bits per heavy atom. The molecule has 0 bridgehead atoms. The van der Waals surface area contributed by atoms with Crippen LogP contribution < -0.4 is 29.8 Å². The fraction of sp³-hybridized carbons (Fsp3) is 0.320. The lowest BCUT2D eigenvalue weighted by atomic mass is 10.1. The Bertz CT molecular complexity index is 1220. The summed E-state index contributed by atoms with van der Waals surface area (Å²) in [6.45, 7) is 1.41. The van der Waals surface area contributed by atoms with Crippen LogP contribution in [0.25, 0.3) is 11.3 Å². The zero-order chi connectivity index (χ0) is 23.9. The van der Waals surface area contributed by atoms with E-state index in [1.54, 1.807) is 20.3 Å². The van der Waals surface area contributed by atoms with Gasteiger partial charge in [0, 0.05) is 24.6 Å². The summed E-state index contributed by atoms with van der Waals surface area (Å²) in [5.74, 6) is 2.31. The molecule has 0 fully saturated rings. The number of hydrogen-bond acceptors (Lipinski definition) is 7. The van der Waals surface area contributed by atoms with Crippen molar-refractivity contribution in [2.24, 2.45) is 0 Å². The van der Waals surface area contributed by atoms with Crippen molar-refractivity contribution < 1.29 is 23.7 Å². The number of nitrogens with zero attached hydrogens (tertiary/aromatic N) is 2. The molecular weight excluding hydrogens is 438 g/mol. The fourth-order valence-electron chi connectivity index (χ4n) is 3.61. The summed E-state index contributed by atoms with van der Waals surface area (Å²) >= 11 is 0. The van der Waals surface area contributed by atoms with E-state index in [2.05, 4.69) is 10.4 Å². The molecule has 0 saturated heterocycles. The van der Waals surface area contributed by atoms with Gasteiger partial charge in [0.15, 0.2) is 23.0 Å². The maximum Gasteiger partial charge on any atom is 0.267 e. The third kappa shape index (κ3) is 5.48. The number of amides is 1. The summed E-state index contributed by atoms with van der Waals surface area (Å²) in [6.07, 6.45) is 1.42. The van der Waals surface area contributed by atoms with Gasteiger partial charge in [-0.15, -0.1) is 0 Å². The molecule has 2 aromatic carbocycles. The average molecular weight is 466 g/mol. The first-order chi connectivity index (χ1) is 16.6. The molecule has 1 amide bonds. The van der Waals surface area contributed by atoms with Crippen LogP contribution in [0.1, 0.15) is 12.0 Å². The molecule has 178 valence electrons. The summed E-state index contributed by atoms with van der Waals surface area (Å²) in [7, 11) is 3.16. The van der Waals surface area contributed by atoms with Gasteiger partial charge in [0.2, 0.25) is 5.91 Å². The van der Waals surface area contributed by atoms with Crippen molar-refractivity contribution in [2.75, 3.05) is 34.0 Å². The molecule has 1 N–H and O–H groups in total. The molecule has 1 aliphatic rings. The lowest BCUT2D eigenvalue weighted by molar-refractivity contribution is -0.121. The maximum atomic E-state index is 12.5. The van der Waals surface area contributed by atoms with Crippen LogP contribution in [0.2, 0.25) is 0 Å². The van der Waals surface area contributed by atoms with E-state index in [0.29, 0.717) is 54.9 Å². The third-order valence-electron chi connectivity index (χ3n) is 5.39. The van der Waals surface area contributed by atoms with E-state index in [4.69, 9.17) is 18.9 Å². The predicted molar refractivity (Wildman–Crippen MR) is 126 cm³/mol. The molecule has 0 radical (unpaired) electrons. The van der Waals surface area contributed by atoms with Gasteiger partial charge in [-0.3, -0.25) is 9.59 Å². The maximum absolute atomic E-state index is 12.5. The Labute approximate surface area is 197 Å². The van der Waals surface area contributed by atoms with Crippen LogP contribution in [0.4, 0.5) is 0 Å². The number of aromatic nitrogens is 2. The van der Waals surface area contributed by atoms with E-state index in [1.807, 2.05) is 36.4 Å². The highest BCUT2D eigenvalue weighted by Gasteiger charge is 2.14. The Morgan fingerprint density at radius 3 is 2.59 bits per heavy atom. The van der Waals surface area contributed by atoms with Crippen LogP contribution in [0.3, 0.4) is 0 Å². The van der Waals surface area contributed by atoms with E-state index >= 15 is 0 Å². The van der Waals surface area contributed by atoms with Gasteiger partial charge in [0.25, 0.3) is 5.56 Å². The number of carbonyl (C=O) groups excluding carboxylic acids is 1. The molecule has 0 atom stereocenters. The van der Waals surface area contributed by atoms with Crippen molar-refractivity contribution in [1.29, 1.82) is 0 Å². The standard InChI is InChI=1S/C25H27N3O6/c1-31-20-7-4-17(14-22(20)32-2)10-11-26-24(29)16-28-25(30)9-6-19(27-28)18-5-8-21-23(15-18)34-13-3-12-33-21/h4-9,14-15H,3,10-13,16H2,1-2H3,(H,26,29). The second-order valence-electron chi connectivity index (χ2n) is 7.72. The number of ether oxygens (including phenoxy) is 4. The quantitative estimate of drug-likeness (QED) is 0.545. The molecule has 3 aromatic rings. The monoisotopic (exact) mass is 465 g/mol. The van der Waals surface area contributed by atoms with Gasteiger partial charge in [-0.2, -0.15) is 5.10 Å². The van der Waals surface area contributed by atoms with E-state index in [-0.39, 0.29) is 18.0 Å². The minimum Gasteiger partial charge on any atom is -0.493 e. The van der Waals surface area contributed by atoms with E-state index in [0.717, 1.165) is 22.2 Å². The predicted octanol–water partition coefficient (Wildman–Crippen LogP) is 2.45. The Morgan fingerprint density at radius 1 is 1.00 bits per heavy atom. The lowest BCUT2D eigenvalue weighted by Crippen LogP contribution is -2.34. The van der Waals surface area contributed by atoms with Gasteiger partial charge in [0.05, 0.1) is 33.1 Å². The number of nitrogens with one attached hydrogen (secondary N) is 1. The largest absolute Gasteiger partial charge is 0.493 e. The first-order valence-electron chi connectivity index (χ1n) is 11.0. The van der Waals surface area contributed by atoms with Crippen LogP contribution in [-0.2, 0) is 17.8 Å². The van der Waals surface area contributed by atoms with E-state index in [9.17, 15) is 9.59 Å². The molecule has 0 saturated carbocycles. The minimum atomic E-state index is -0.354. The zero-order valence-electron chi connectivity index (χ0n) is 19.2. The van der Waals surface area contributed by atoms with Crippen molar-refractivity contribution >= 4 is 5.91 Å². The highest BCUT2D eigenvalue weighted by molar-refractivity contribution is 5.75. The minimum absolute atomic E-state index is 0.177. The van der Waals surface area contributed by atoms with E-state index in [1.165, 1.54) is 6.07 Å². The van der Waals surface area contributed by atoms with Crippen molar-refractivity contribution in [3.63, 3.8) is 0 Å². The summed E-state index contributed by atoms with van der Waals surface area (Å²) in [6, 6.07) is 14.2. The van der Waals surface area contributed by atoms with E-state index < -0.39 is 0 Å². The summed E-state index contributed by atoms with van der Waals surface area (Å²) < 4.78 is 23.1. The lowest BCUT2D eigenvalue weighted by Gasteiger charge is -2.11. The third-order valence-corrected chi connectivity index (χ3v) is 5.39. The van der Waals surface area contributed by atoms with Crippen LogP contribution in [0.15, 0.2) is 53.3 Å². The van der Waals surface area contributed by atoms with Gasteiger partial charge in [-0.1, -0.05) is 6.07 Å². The first-order valence-corrected chi connectivity index (χ1v) is 11.0. The molecule has 4 rings (SSSR count). The number of rotatable bonds is 8. The summed E-state index contributed by atoms with van der Waals surface area (Å²) in [4.78, 5) is 24.8. The smallest absolute Gasteiger partial charge is 0.267 e. The fourth-order valence-corrected chi connectivity index (χ4v) is 3.61. The molecule has 34 heavy (non-hydrogen) atoms. The second-order valence-corrected chi connectivity index (χ2v) is 7.72. The van der Waals surface area contributed by atoms with Gasteiger partial charge in [-0.05, 0) is 48.4 Å². The van der Waals surface area contributed by atoms with Gasteiger partial charge < -0.3 is 24.3 Å². The Kier molecular flexibility index (Phi) is 7.31. The van der Waals surface area contributed by atoms with Crippen molar-refractivity contribution in [3.05, 3.63) is 64.4 Å². The molecule has 1 aliphatic heterocycles. The molecule has 0 aliphatic carbocycles. The molecule has 9 heteroatoms. The van der Waals surface area contributed by atoms with Crippen LogP contribution in [0, 0.1) is 0 Å². The Balaban J connectivity index is 1.39.